The number of nitrogens with zero attached hydrogens (tertiary/aromatic N) is 6. The van der Waals surface area contributed by atoms with Gasteiger partial charge >= 0.3 is 0 Å². The van der Waals surface area contributed by atoms with Crippen molar-refractivity contribution < 1.29 is 8.42 Å². The summed E-state index contributed by atoms with van der Waals surface area (Å²) in [5.74, 6) is 1.53. The van der Waals surface area contributed by atoms with Crippen LogP contribution in [0, 0.1) is 0 Å². The second-order valence-electron chi connectivity index (χ2n) is 7.93. The molecule has 1 unspecified atom stereocenters. The Bertz CT molecular complexity index is 1380. The molecule has 4 heterocycles. The molecule has 1 aliphatic rings. The zero-order chi connectivity index (χ0) is 22.3. The van der Waals surface area contributed by atoms with E-state index in [-0.39, 0.29) is 6.04 Å². The van der Waals surface area contributed by atoms with E-state index in [1.165, 1.54) is 16.9 Å². The van der Waals surface area contributed by atoms with Crippen molar-refractivity contribution in [1.29, 1.82) is 0 Å². The van der Waals surface area contributed by atoms with Crippen LogP contribution in [0.2, 0.25) is 0 Å². The lowest BCUT2D eigenvalue weighted by Crippen LogP contribution is -2.48. The Morgan fingerprint density at radius 1 is 1.09 bits per heavy atom. The molecule has 2 N–H and O–H groups in total. The van der Waals surface area contributed by atoms with Crippen molar-refractivity contribution >= 4 is 43.6 Å². The molecule has 0 saturated carbocycles. The molecule has 1 fully saturated rings. The fourth-order valence-electron chi connectivity index (χ4n) is 4.05. The molecule has 0 radical (unpaired) electrons. The Morgan fingerprint density at radius 3 is 2.66 bits per heavy atom. The third-order valence-electron chi connectivity index (χ3n) is 5.77. The molecule has 3 aromatic heterocycles. The Labute approximate surface area is 185 Å². The molecule has 4 aromatic rings. The van der Waals surface area contributed by atoms with Crippen LogP contribution in [-0.2, 0) is 10.0 Å². The second-order valence-corrected chi connectivity index (χ2v) is 9.91. The predicted molar refractivity (Wildman–Crippen MR) is 124 cm³/mol. The Kier molecular flexibility index (Phi) is 5.14. The van der Waals surface area contributed by atoms with E-state index in [9.17, 15) is 8.42 Å². The first-order valence-corrected chi connectivity index (χ1v) is 12.3. The van der Waals surface area contributed by atoms with Crippen molar-refractivity contribution in [1.82, 2.24) is 29.2 Å². The molecule has 32 heavy (non-hydrogen) atoms. The van der Waals surface area contributed by atoms with E-state index in [1.807, 2.05) is 19.1 Å². The molecule has 1 saturated heterocycles. The van der Waals surface area contributed by atoms with Gasteiger partial charge in [0.25, 0.3) is 0 Å². The van der Waals surface area contributed by atoms with Crippen LogP contribution in [0.15, 0.2) is 43.0 Å². The van der Waals surface area contributed by atoms with Gasteiger partial charge in [-0.05, 0) is 18.4 Å². The lowest BCUT2D eigenvalue weighted by Gasteiger charge is -2.35. The Hall–Kier alpha value is -3.31. The molecule has 1 aliphatic heterocycles. The highest BCUT2D eigenvalue weighted by atomic mass is 32.2. The minimum Gasteiger partial charge on any atom is -0.360 e. The first-order valence-electron chi connectivity index (χ1n) is 10.4. The highest BCUT2D eigenvalue weighted by Gasteiger charge is 2.25. The van der Waals surface area contributed by atoms with Crippen LogP contribution in [-0.4, -0.2) is 70.1 Å². The van der Waals surface area contributed by atoms with Crippen molar-refractivity contribution in [3.05, 3.63) is 48.7 Å². The van der Waals surface area contributed by atoms with Crippen molar-refractivity contribution in [2.24, 2.45) is 0 Å². The Balaban J connectivity index is 1.47. The van der Waals surface area contributed by atoms with E-state index in [4.69, 9.17) is 4.98 Å². The molecule has 5 rings (SSSR count). The van der Waals surface area contributed by atoms with Crippen molar-refractivity contribution in [3.63, 3.8) is 0 Å². The van der Waals surface area contributed by atoms with E-state index in [0.29, 0.717) is 37.6 Å². The zero-order valence-corrected chi connectivity index (χ0v) is 18.7. The SMILES string of the molecule is CC(Nc1ncnc2nc[nH]c12)c1cc2ccccc2c(N2CCN(S(C)(=O)=O)CC2)n1. The maximum atomic E-state index is 11.9. The van der Waals surface area contributed by atoms with Gasteiger partial charge in [0.15, 0.2) is 11.5 Å². The van der Waals surface area contributed by atoms with E-state index in [1.54, 1.807) is 6.33 Å². The molecular weight excluding hydrogens is 428 g/mol. The zero-order valence-electron chi connectivity index (χ0n) is 17.9. The summed E-state index contributed by atoms with van der Waals surface area (Å²) in [6, 6.07) is 10.1. The van der Waals surface area contributed by atoms with Gasteiger partial charge in [0, 0.05) is 31.6 Å². The van der Waals surface area contributed by atoms with Gasteiger partial charge in [-0.15, -0.1) is 0 Å². The largest absolute Gasteiger partial charge is 0.360 e. The fraction of sp³-hybridized carbons (Fsp3) is 0.333. The standard InChI is InChI=1S/C21H24N8O2S/c1-14(26-20-18-19(23-12-22-18)24-13-25-20)17-11-15-5-3-4-6-16(15)21(27-17)28-7-9-29(10-8-28)32(2,30)31/h3-6,11-14H,7-10H2,1-2H3,(H2,22,23,24,25,26). The average molecular weight is 453 g/mol. The molecule has 0 amide bonds. The van der Waals surface area contributed by atoms with Crippen LogP contribution in [0.1, 0.15) is 18.7 Å². The van der Waals surface area contributed by atoms with Crippen molar-refractivity contribution in [2.75, 3.05) is 42.7 Å². The third kappa shape index (κ3) is 3.84. The number of sulfonamides is 1. The van der Waals surface area contributed by atoms with Crippen LogP contribution in [0.25, 0.3) is 21.9 Å². The molecule has 0 aliphatic carbocycles. The van der Waals surface area contributed by atoms with Crippen LogP contribution in [0.4, 0.5) is 11.6 Å². The predicted octanol–water partition coefficient (Wildman–Crippen LogP) is 2.16. The van der Waals surface area contributed by atoms with Crippen molar-refractivity contribution in [2.45, 2.75) is 13.0 Å². The Morgan fingerprint density at radius 2 is 1.88 bits per heavy atom. The summed E-state index contributed by atoms with van der Waals surface area (Å²) in [7, 11) is -3.19. The smallest absolute Gasteiger partial charge is 0.211 e. The third-order valence-corrected chi connectivity index (χ3v) is 7.07. The molecule has 11 heteroatoms. The molecular formula is C21H24N8O2S. The monoisotopic (exact) mass is 452 g/mol. The van der Waals surface area contributed by atoms with Crippen LogP contribution < -0.4 is 10.2 Å². The number of fused-ring (bicyclic) bond motifs is 2. The van der Waals surface area contributed by atoms with Gasteiger partial charge in [0.2, 0.25) is 10.0 Å². The summed E-state index contributed by atoms with van der Waals surface area (Å²) in [4.78, 5) is 22.9. The van der Waals surface area contributed by atoms with Gasteiger partial charge in [-0.25, -0.2) is 28.4 Å². The van der Waals surface area contributed by atoms with Crippen molar-refractivity contribution in [3.8, 4) is 0 Å². The summed E-state index contributed by atoms with van der Waals surface area (Å²) in [6.45, 7) is 4.12. The fourth-order valence-corrected chi connectivity index (χ4v) is 4.88. The average Bonchev–Trinajstić information content (AvgIpc) is 3.28. The van der Waals surface area contributed by atoms with Gasteiger partial charge in [-0.1, -0.05) is 24.3 Å². The number of imidazole rings is 1. The van der Waals surface area contributed by atoms with Crippen LogP contribution in [0.3, 0.4) is 0 Å². The van der Waals surface area contributed by atoms with E-state index in [2.05, 4.69) is 48.4 Å². The lowest BCUT2D eigenvalue weighted by molar-refractivity contribution is 0.387. The number of anilines is 2. The normalized spacial score (nSPS) is 16.5. The minimum atomic E-state index is -3.19. The van der Waals surface area contributed by atoms with Gasteiger partial charge < -0.3 is 15.2 Å². The van der Waals surface area contributed by atoms with Crippen LogP contribution in [0.5, 0.6) is 0 Å². The number of piperazine rings is 1. The maximum Gasteiger partial charge on any atom is 0.211 e. The number of hydrogen-bond acceptors (Lipinski definition) is 8. The number of nitrogens with one attached hydrogen (secondary N) is 2. The molecule has 0 spiro atoms. The summed E-state index contributed by atoms with van der Waals surface area (Å²) in [5, 5.41) is 5.55. The lowest BCUT2D eigenvalue weighted by atomic mass is 10.1. The van der Waals surface area contributed by atoms with Gasteiger partial charge in [0.05, 0.1) is 24.3 Å². The van der Waals surface area contributed by atoms with E-state index < -0.39 is 10.0 Å². The van der Waals surface area contributed by atoms with E-state index in [0.717, 1.165) is 27.8 Å². The number of benzene rings is 1. The summed E-state index contributed by atoms with van der Waals surface area (Å²) in [6.07, 6.45) is 4.34. The second kappa shape index (κ2) is 7.99. The number of hydrogen-bond donors (Lipinski definition) is 2. The topological polar surface area (TPSA) is 120 Å². The van der Waals surface area contributed by atoms with Gasteiger partial charge in [0.1, 0.15) is 17.7 Å². The molecule has 0 bridgehead atoms. The first kappa shape index (κ1) is 20.6. The number of pyridine rings is 1. The molecule has 1 aromatic carbocycles. The summed E-state index contributed by atoms with van der Waals surface area (Å²) < 4.78 is 25.3. The van der Waals surface area contributed by atoms with Crippen LogP contribution >= 0.6 is 0 Å². The molecule has 10 nitrogen and oxygen atoms in total. The van der Waals surface area contributed by atoms with Gasteiger partial charge in [-0.2, -0.15) is 4.31 Å². The molecule has 166 valence electrons. The molecule has 1 atom stereocenters. The summed E-state index contributed by atoms with van der Waals surface area (Å²) >= 11 is 0. The number of H-pyrrole nitrogens is 1. The minimum absolute atomic E-state index is 0.128. The summed E-state index contributed by atoms with van der Waals surface area (Å²) in [5.41, 5.74) is 2.22. The number of rotatable bonds is 5. The number of aromatic nitrogens is 5. The van der Waals surface area contributed by atoms with Gasteiger partial charge in [-0.3, -0.25) is 0 Å². The number of aromatic amines is 1. The first-order chi connectivity index (χ1) is 15.4. The highest BCUT2D eigenvalue weighted by molar-refractivity contribution is 7.88. The van der Waals surface area contributed by atoms with E-state index >= 15 is 0 Å². The highest BCUT2D eigenvalue weighted by Crippen LogP contribution is 2.30. The quantitative estimate of drug-likeness (QED) is 0.473. The maximum absolute atomic E-state index is 11.9.